The fourth-order valence-corrected chi connectivity index (χ4v) is 4.19. The maximum atomic E-state index is 13.1. The van der Waals surface area contributed by atoms with E-state index in [-0.39, 0.29) is 12.0 Å². The summed E-state index contributed by atoms with van der Waals surface area (Å²) < 4.78 is 11.7. The molecule has 1 saturated carbocycles. The summed E-state index contributed by atoms with van der Waals surface area (Å²) in [6, 6.07) is 5.82. The number of piperazine rings is 1. The van der Waals surface area contributed by atoms with Gasteiger partial charge in [0, 0.05) is 31.7 Å². The topological polar surface area (TPSA) is 63.3 Å². The smallest absolute Gasteiger partial charge is 0.261 e. The second-order valence-electron chi connectivity index (χ2n) is 8.35. The van der Waals surface area contributed by atoms with E-state index < -0.39 is 5.60 Å². The molecule has 1 aliphatic carbocycles. The second kappa shape index (κ2) is 8.24. The zero-order chi connectivity index (χ0) is 20.4. The van der Waals surface area contributed by atoms with Gasteiger partial charge in [-0.3, -0.25) is 15.1 Å². The SMILES string of the molecule is COc1ccc(C2=CC(C)(C(=O)N3CCN(C)CC3)ON2)cc1OC1CCCC1. The molecule has 1 unspecified atom stereocenters. The Morgan fingerprint density at radius 2 is 1.90 bits per heavy atom. The first-order chi connectivity index (χ1) is 14.0. The Balaban J connectivity index is 1.52. The summed E-state index contributed by atoms with van der Waals surface area (Å²) in [6.45, 7) is 5.02. The molecule has 2 fully saturated rings. The first-order valence-electron chi connectivity index (χ1n) is 10.5. The number of carbonyl (C=O) groups excluding carboxylic acids is 1. The number of likely N-dealkylation sites (N-methyl/N-ethyl adjacent to an activating group) is 1. The van der Waals surface area contributed by atoms with Gasteiger partial charge in [0.2, 0.25) is 0 Å². The number of hydrogen-bond acceptors (Lipinski definition) is 6. The molecule has 0 aromatic heterocycles. The third-order valence-corrected chi connectivity index (χ3v) is 6.08. The first-order valence-corrected chi connectivity index (χ1v) is 10.5. The first kappa shape index (κ1) is 20.0. The number of amides is 1. The number of carbonyl (C=O) groups is 1. The van der Waals surface area contributed by atoms with Crippen molar-refractivity contribution in [3.8, 4) is 11.5 Å². The fourth-order valence-electron chi connectivity index (χ4n) is 4.19. The highest BCUT2D eigenvalue weighted by atomic mass is 16.7. The summed E-state index contributed by atoms with van der Waals surface area (Å²) >= 11 is 0. The van der Waals surface area contributed by atoms with Crippen LogP contribution in [0.15, 0.2) is 24.3 Å². The fraction of sp³-hybridized carbons (Fsp3) is 0.591. The van der Waals surface area contributed by atoms with E-state index in [0.717, 1.165) is 61.8 Å². The molecule has 7 heteroatoms. The molecule has 7 nitrogen and oxygen atoms in total. The number of ether oxygens (including phenoxy) is 2. The molecule has 2 heterocycles. The number of hydroxylamine groups is 1. The second-order valence-corrected chi connectivity index (χ2v) is 8.35. The molecule has 0 radical (unpaired) electrons. The lowest BCUT2D eigenvalue weighted by atomic mass is 10.0. The molecule has 0 spiro atoms. The van der Waals surface area contributed by atoms with Crippen molar-refractivity contribution in [3.05, 3.63) is 29.8 Å². The van der Waals surface area contributed by atoms with Crippen LogP contribution in [0.1, 0.15) is 38.2 Å². The molecule has 158 valence electrons. The monoisotopic (exact) mass is 401 g/mol. The number of rotatable bonds is 5. The number of benzene rings is 1. The maximum Gasteiger partial charge on any atom is 0.261 e. The highest BCUT2D eigenvalue weighted by Gasteiger charge is 2.41. The molecule has 4 rings (SSSR count). The Morgan fingerprint density at radius 1 is 1.17 bits per heavy atom. The summed E-state index contributed by atoms with van der Waals surface area (Å²) in [5, 5.41) is 0. The van der Waals surface area contributed by atoms with E-state index in [1.807, 2.05) is 36.1 Å². The van der Waals surface area contributed by atoms with Gasteiger partial charge in [-0.15, -0.1) is 0 Å². The van der Waals surface area contributed by atoms with E-state index in [2.05, 4.69) is 17.4 Å². The Labute approximate surface area is 172 Å². The molecule has 2 aliphatic heterocycles. The molecule has 29 heavy (non-hydrogen) atoms. The van der Waals surface area contributed by atoms with Crippen LogP contribution in [0.2, 0.25) is 0 Å². The zero-order valence-electron chi connectivity index (χ0n) is 17.6. The van der Waals surface area contributed by atoms with Crippen molar-refractivity contribution in [1.82, 2.24) is 15.3 Å². The van der Waals surface area contributed by atoms with E-state index in [4.69, 9.17) is 14.3 Å². The summed E-state index contributed by atoms with van der Waals surface area (Å²) in [5.74, 6) is 1.44. The van der Waals surface area contributed by atoms with Gasteiger partial charge in [-0.1, -0.05) is 0 Å². The van der Waals surface area contributed by atoms with Crippen LogP contribution in [0.4, 0.5) is 0 Å². The van der Waals surface area contributed by atoms with Crippen LogP contribution in [-0.2, 0) is 9.63 Å². The molecule has 1 aromatic carbocycles. The van der Waals surface area contributed by atoms with Crippen molar-refractivity contribution in [2.24, 2.45) is 0 Å². The van der Waals surface area contributed by atoms with E-state index in [0.29, 0.717) is 0 Å². The van der Waals surface area contributed by atoms with Gasteiger partial charge in [0.25, 0.3) is 5.91 Å². The minimum atomic E-state index is -1.02. The summed E-state index contributed by atoms with van der Waals surface area (Å²) in [4.78, 5) is 22.9. The van der Waals surface area contributed by atoms with Gasteiger partial charge in [0.15, 0.2) is 17.1 Å². The lowest BCUT2D eigenvalue weighted by molar-refractivity contribution is -0.154. The van der Waals surface area contributed by atoms with Gasteiger partial charge in [-0.25, -0.2) is 0 Å². The van der Waals surface area contributed by atoms with Crippen molar-refractivity contribution in [1.29, 1.82) is 0 Å². The third kappa shape index (κ3) is 4.21. The standard InChI is InChI=1S/C22H31N3O4/c1-22(21(26)25-12-10-24(2)11-13-25)15-18(23-29-22)16-8-9-19(27-3)20(14-16)28-17-6-4-5-7-17/h8-9,14-15,17,23H,4-7,10-13H2,1-3H3. The van der Waals surface area contributed by atoms with Crippen LogP contribution < -0.4 is 15.0 Å². The Morgan fingerprint density at radius 3 is 2.59 bits per heavy atom. The van der Waals surface area contributed by atoms with Crippen LogP contribution in [0.5, 0.6) is 11.5 Å². The van der Waals surface area contributed by atoms with Crippen molar-refractivity contribution in [3.63, 3.8) is 0 Å². The van der Waals surface area contributed by atoms with Gasteiger partial charge in [-0.2, -0.15) is 0 Å². The lowest BCUT2D eigenvalue weighted by Gasteiger charge is -2.35. The molecule has 1 saturated heterocycles. The van der Waals surface area contributed by atoms with Crippen molar-refractivity contribution < 1.29 is 19.1 Å². The molecule has 1 amide bonds. The average Bonchev–Trinajstić information content (AvgIpc) is 3.38. The normalized spacial score (nSPS) is 25.6. The van der Waals surface area contributed by atoms with Crippen molar-refractivity contribution >= 4 is 11.6 Å². The van der Waals surface area contributed by atoms with Crippen molar-refractivity contribution in [2.75, 3.05) is 40.3 Å². The quantitative estimate of drug-likeness (QED) is 0.818. The number of methoxy groups -OCH3 is 1. The van der Waals surface area contributed by atoms with Crippen LogP contribution in [0.3, 0.4) is 0 Å². The van der Waals surface area contributed by atoms with Gasteiger partial charge < -0.3 is 19.3 Å². The molecule has 0 bridgehead atoms. The molecular weight excluding hydrogens is 370 g/mol. The van der Waals surface area contributed by atoms with E-state index in [9.17, 15) is 4.79 Å². The van der Waals surface area contributed by atoms with Gasteiger partial charge >= 0.3 is 0 Å². The Bertz CT molecular complexity index is 782. The highest BCUT2D eigenvalue weighted by Crippen LogP contribution is 2.36. The van der Waals surface area contributed by atoms with Crippen LogP contribution in [-0.4, -0.2) is 67.7 Å². The third-order valence-electron chi connectivity index (χ3n) is 6.08. The minimum Gasteiger partial charge on any atom is -0.493 e. The predicted molar refractivity (Wildman–Crippen MR) is 111 cm³/mol. The lowest BCUT2D eigenvalue weighted by Crippen LogP contribution is -2.54. The molecule has 3 aliphatic rings. The van der Waals surface area contributed by atoms with Gasteiger partial charge in [0.1, 0.15) is 0 Å². The predicted octanol–water partition coefficient (Wildman–Crippen LogP) is 2.42. The molecule has 1 N–H and O–H groups in total. The number of nitrogens with one attached hydrogen (secondary N) is 1. The summed E-state index contributed by atoms with van der Waals surface area (Å²) in [5.41, 5.74) is 3.62. The molecule has 1 atom stereocenters. The van der Waals surface area contributed by atoms with Gasteiger partial charge in [0.05, 0.1) is 18.9 Å². The van der Waals surface area contributed by atoms with Crippen molar-refractivity contribution in [2.45, 2.75) is 44.3 Å². The van der Waals surface area contributed by atoms with Crippen LogP contribution in [0.25, 0.3) is 5.70 Å². The Kier molecular flexibility index (Phi) is 5.69. The largest absolute Gasteiger partial charge is 0.493 e. The average molecular weight is 402 g/mol. The number of nitrogens with zero attached hydrogens (tertiary/aromatic N) is 2. The minimum absolute atomic E-state index is 0.0101. The van der Waals surface area contributed by atoms with E-state index >= 15 is 0 Å². The maximum absolute atomic E-state index is 13.1. The van der Waals surface area contributed by atoms with E-state index in [1.54, 1.807) is 7.11 Å². The highest BCUT2D eigenvalue weighted by molar-refractivity contribution is 5.90. The summed E-state index contributed by atoms with van der Waals surface area (Å²) in [6.07, 6.45) is 6.68. The summed E-state index contributed by atoms with van der Waals surface area (Å²) in [7, 11) is 3.72. The van der Waals surface area contributed by atoms with Crippen LogP contribution in [0, 0.1) is 0 Å². The Hall–Kier alpha value is -2.25. The van der Waals surface area contributed by atoms with Gasteiger partial charge in [-0.05, 0) is 63.9 Å². The molecular formula is C22H31N3O4. The number of hydrogen-bond donors (Lipinski definition) is 1. The van der Waals surface area contributed by atoms with E-state index in [1.165, 1.54) is 12.8 Å². The molecule has 1 aromatic rings. The zero-order valence-corrected chi connectivity index (χ0v) is 17.6. The van der Waals surface area contributed by atoms with Crippen LogP contribution >= 0.6 is 0 Å².